The number of hydrogen-bond acceptors (Lipinski definition) is 5. The van der Waals surface area contributed by atoms with E-state index in [-0.39, 0.29) is 6.61 Å². The fraction of sp³-hybridized carbons (Fsp3) is 0.200. The Hall–Kier alpha value is -3.08. The van der Waals surface area contributed by atoms with Crippen LogP contribution in [0.5, 0.6) is 5.75 Å². The SMILES string of the molecule is COc1ccc(C(=O)OCc2cc(=O)oc3cc(C)c(C)cc23)cc1. The molecule has 0 aliphatic carbocycles. The third-order valence-corrected chi connectivity index (χ3v) is 4.13. The summed E-state index contributed by atoms with van der Waals surface area (Å²) in [6.45, 7) is 3.92. The molecular formula is C20H18O5. The monoisotopic (exact) mass is 338 g/mol. The van der Waals surface area contributed by atoms with E-state index < -0.39 is 11.6 Å². The topological polar surface area (TPSA) is 65.7 Å². The van der Waals surface area contributed by atoms with Gasteiger partial charge in [0.1, 0.15) is 17.9 Å². The van der Waals surface area contributed by atoms with Crippen LogP contribution in [0.3, 0.4) is 0 Å². The van der Waals surface area contributed by atoms with Crippen LogP contribution < -0.4 is 10.4 Å². The van der Waals surface area contributed by atoms with Gasteiger partial charge in [-0.3, -0.25) is 0 Å². The number of methoxy groups -OCH3 is 1. The maximum atomic E-state index is 12.2. The van der Waals surface area contributed by atoms with E-state index in [1.165, 1.54) is 6.07 Å². The van der Waals surface area contributed by atoms with E-state index in [1.807, 2.05) is 26.0 Å². The van der Waals surface area contributed by atoms with Crippen molar-refractivity contribution in [3.8, 4) is 5.75 Å². The summed E-state index contributed by atoms with van der Waals surface area (Å²) < 4.78 is 15.7. The van der Waals surface area contributed by atoms with Crippen molar-refractivity contribution in [2.24, 2.45) is 0 Å². The second-order valence-electron chi connectivity index (χ2n) is 5.83. The Balaban J connectivity index is 1.86. The Morgan fingerprint density at radius 3 is 2.40 bits per heavy atom. The summed E-state index contributed by atoms with van der Waals surface area (Å²) in [6, 6.07) is 11.8. The average molecular weight is 338 g/mol. The predicted molar refractivity (Wildman–Crippen MR) is 94.1 cm³/mol. The van der Waals surface area contributed by atoms with Crippen LogP contribution in [-0.4, -0.2) is 13.1 Å². The van der Waals surface area contributed by atoms with Crippen LogP contribution in [0.2, 0.25) is 0 Å². The lowest BCUT2D eigenvalue weighted by molar-refractivity contribution is 0.0474. The van der Waals surface area contributed by atoms with Gasteiger partial charge in [-0.2, -0.15) is 0 Å². The molecule has 1 aromatic heterocycles. The standard InChI is InChI=1S/C20H18O5/c1-12-8-17-15(10-19(21)25-18(17)9-13(12)2)11-24-20(22)14-4-6-16(23-3)7-5-14/h4-10H,11H2,1-3H3. The molecule has 0 aliphatic heterocycles. The van der Waals surface area contributed by atoms with Gasteiger partial charge >= 0.3 is 11.6 Å². The lowest BCUT2D eigenvalue weighted by Gasteiger charge is -2.09. The largest absolute Gasteiger partial charge is 0.497 e. The number of rotatable bonds is 4. The quantitative estimate of drug-likeness (QED) is 0.535. The van der Waals surface area contributed by atoms with Crippen LogP contribution in [0, 0.1) is 13.8 Å². The molecule has 0 amide bonds. The van der Waals surface area contributed by atoms with Gasteiger partial charge in [0, 0.05) is 17.0 Å². The zero-order chi connectivity index (χ0) is 18.0. The van der Waals surface area contributed by atoms with Gasteiger partial charge < -0.3 is 13.9 Å². The molecule has 0 atom stereocenters. The average Bonchev–Trinajstić information content (AvgIpc) is 2.61. The van der Waals surface area contributed by atoms with Crippen molar-refractivity contribution in [2.45, 2.75) is 20.5 Å². The zero-order valence-corrected chi connectivity index (χ0v) is 14.3. The van der Waals surface area contributed by atoms with Crippen LogP contribution in [0.25, 0.3) is 11.0 Å². The molecule has 0 saturated carbocycles. The molecule has 0 fully saturated rings. The second-order valence-corrected chi connectivity index (χ2v) is 5.83. The zero-order valence-electron chi connectivity index (χ0n) is 14.3. The Morgan fingerprint density at radius 1 is 1.04 bits per heavy atom. The van der Waals surface area contributed by atoms with Gasteiger partial charge in [0.2, 0.25) is 0 Å². The minimum atomic E-state index is -0.466. The third-order valence-electron chi connectivity index (χ3n) is 4.13. The lowest BCUT2D eigenvalue weighted by atomic mass is 10.0. The summed E-state index contributed by atoms with van der Waals surface area (Å²) in [4.78, 5) is 24.0. The van der Waals surface area contributed by atoms with Crippen molar-refractivity contribution in [3.05, 3.63) is 75.1 Å². The molecule has 5 nitrogen and oxygen atoms in total. The minimum absolute atomic E-state index is 0.00450. The fourth-order valence-electron chi connectivity index (χ4n) is 2.56. The number of fused-ring (bicyclic) bond motifs is 1. The van der Waals surface area contributed by atoms with E-state index in [0.717, 1.165) is 16.5 Å². The van der Waals surface area contributed by atoms with Crippen molar-refractivity contribution in [3.63, 3.8) is 0 Å². The lowest BCUT2D eigenvalue weighted by Crippen LogP contribution is -2.08. The van der Waals surface area contributed by atoms with E-state index in [2.05, 4.69) is 0 Å². The molecule has 128 valence electrons. The van der Waals surface area contributed by atoms with Crippen molar-refractivity contribution >= 4 is 16.9 Å². The molecule has 0 N–H and O–H groups in total. The highest BCUT2D eigenvalue weighted by atomic mass is 16.5. The number of hydrogen-bond donors (Lipinski definition) is 0. The number of esters is 1. The first-order chi connectivity index (χ1) is 12.0. The first-order valence-corrected chi connectivity index (χ1v) is 7.83. The molecule has 0 unspecified atom stereocenters. The fourth-order valence-corrected chi connectivity index (χ4v) is 2.56. The highest BCUT2D eigenvalue weighted by Crippen LogP contribution is 2.22. The van der Waals surface area contributed by atoms with Crippen LogP contribution in [0.1, 0.15) is 27.0 Å². The third kappa shape index (κ3) is 3.55. The van der Waals surface area contributed by atoms with Gasteiger partial charge in [0.05, 0.1) is 12.7 Å². The van der Waals surface area contributed by atoms with E-state index in [0.29, 0.717) is 22.5 Å². The smallest absolute Gasteiger partial charge is 0.338 e. The van der Waals surface area contributed by atoms with E-state index in [4.69, 9.17) is 13.9 Å². The van der Waals surface area contributed by atoms with Crippen molar-refractivity contribution < 1.29 is 18.7 Å². The molecule has 1 heterocycles. The molecule has 0 spiro atoms. The maximum Gasteiger partial charge on any atom is 0.338 e. The molecule has 3 aromatic rings. The van der Waals surface area contributed by atoms with Crippen LogP contribution in [0.4, 0.5) is 0 Å². The molecule has 25 heavy (non-hydrogen) atoms. The molecule has 0 saturated heterocycles. The van der Waals surface area contributed by atoms with Crippen LogP contribution in [-0.2, 0) is 11.3 Å². The Labute approximate surface area is 144 Å². The summed E-state index contributed by atoms with van der Waals surface area (Å²) in [7, 11) is 1.56. The molecule has 2 aromatic carbocycles. The second kappa shape index (κ2) is 6.81. The predicted octanol–water partition coefficient (Wildman–Crippen LogP) is 3.78. The molecular weight excluding hydrogens is 320 g/mol. The molecule has 0 aliphatic rings. The number of carbonyl (C=O) groups is 1. The van der Waals surface area contributed by atoms with Crippen molar-refractivity contribution in [1.82, 2.24) is 0 Å². The van der Waals surface area contributed by atoms with Crippen LogP contribution in [0.15, 0.2) is 51.7 Å². The highest BCUT2D eigenvalue weighted by Gasteiger charge is 2.12. The van der Waals surface area contributed by atoms with Crippen molar-refractivity contribution in [2.75, 3.05) is 7.11 Å². The van der Waals surface area contributed by atoms with Gasteiger partial charge in [-0.25, -0.2) is 9.59 Å². The van der Waals surface area contributed by atoms with Gasteiger partial charge in [0.25, 0.3) is 0 Å². The van der Waals surface area contributed by atoms with Crippen LogP contribution >= 0.6 is 0 Å². The van der Waals surface area contributed by atoms with Gasteiger partial charge in [-0.1, -0.05) is 0 Å². The normalized spacial score (nSPS) is 10.7. The summed E-state index contributed by atoms with van der Waals surface area (Å²) in [5.41, 5.74) is 3.17. The highest BCUT2D eigenvalue weighted by molar-refractivity contribution is 5.90. The molecule has 0 bridgehead atoms. The summed E-state index contributed by atoms with van der Waals surface area (Å²) in [6.07, 6.45) is 0. The number of ether oxygens (including phenoxy) is 2. The maximum absolute atomic E-state index is 12.2. The summed E-state index contributed by atoms with van der Waals surface area (Å²) >= 11 is 0. The number of carbonyl (C=O) groups excluding carboxylic acids is 1. The Kier molecular flexibility index (Phi) is 4.57. The van der Waals surface area contributed by atoms with E-state index in [9.17, 15) is 9.59 Å². The minimum Gasteiger partial charge on any atom is -0.497 e. The summed E-state index contributed by atoms with van der Waals surface area (Å²) in [5.74, 6) is 0.196. The van der Waals surface area contributed by atoms with Crippen molar-refractivity contribution in [1.29, 1.82) is 0 Å². The molecule has 0 radical (unpaired) electrons. The van der Waals surface area contributed by atoms with E-state index >= 15 is 0 Å². The first-order valence-electron chi connectivity index (χ1n) is 7.83. The Morgan fingerprint density at radius 2 is 1.72 bits per heavy atom. The van der Waals surface area contributed by atoms with Gasteiger partial charge in [0.15, 0.2) is 0 Å². The molecule has 5 heteroatoms. The number of aryl methyl sites for hydroxylation is 2. The van der Waals surface area contributed by atoms with Gasteiger partial charge in [-0.15, -0.1) is 0 Å². The number of benzene rings is 2. The van der Waals surface area contributed by atoms with Gasteiger partial charge in [-0.05, 0) is 61.4 Å². The first kappa shape index (κ1) is 16.8. The molecule has 3 rings (SSSR count). The Bertz CT molecular complexity index is 983. The van der Waals surface area contributed by atoms with E-state index in [1.54, 1.807) is 31.4 Å². The summed E-state index contributed by atoms with van der Waals surface area (Å²) in [5, 5.41) is 0.769.